The molecule has 146 valence electrons. The highest BCUT2D eigenvalue weighted by atomic mass is 32.2. The summed E-state index contributed by atoms with van der Waals surface area (Å²) in [5, 5.41) is 0. The first kappa shape index (κ1) is 18.6. The number of ether oxygens (including phenoxy) is 1. The minimum atomic E-state index is -3.56. The van der Waals surface area contributed by atoms with Crippen LogP contribution in [-0.4, -0.2) is 56.1 Å². The van der Waals surface area contributed by atoms with Crippen LogP contribution in [0.1, 0.15) is 19.3 Å². The number of nitrogens with zero attached hydrogens (tertiary/aromatic N) is 2. The second-order valence-electron chi connectivity index (χ2n) is 6.79. The summed E-state index contributed by atoms with van der Waals surface area (Å²) in [5.74, 6) is -0.00242. The summed E-state index contributed by atoms with van der Waals surface area (Å²) >= 11 is 1.00. The van der Waals surface area contributed by atoms with Gasteiger partial charge >= 0.3 is 4.87 Å². The number of rotatable bonds is 6. The molecule has 2 fully saturated rings. The minimum Gasteiger partial charge on any atom is -0.378 e. The Kier molecular flexibility index (Phi) is 5.06. The summed E-state index contributed by atoms with van der Waals surface area (Å²) in [6.07, 6.45) is 1.96. The fraction of sp³-hybridized carbons (Fsp3) is 0.529. The summed E-state index contributed by atoms with van der Waals surface area (Å²) in [4.78, 5) is 26.4. The number of hydrogen-bond acceptors (Lipinski definition) is 6. The number of aryl methyl sites for hydroxylation is 1. The lowest BCUT2D eigenvalue weighted by atomic mass is 10.3. The van der Waals surface area contributed by atoms with Crippen LogP contribution in [0.3, 0.4) is 0 Å². The lowest BCUT2D eigenvalue weighted by Crippen LogP contribution is -2.41. The predicted octanol–water partition coefficient (Wildman–Crippen LogP) is 0.753. The van der Waals surface area contributed by atoms with Crippen molar-refractivity contribution in [2.75, 3.05) is 26.3 Å². The molecule has 1 N–H and O–H groups in total. The number of sulfonamides is 1. The highest BCUT2D eigenvalue weighted by Gasteiger charge is 2.28. The van der Waals surface area contributed by atoms with E-state index < -0.39 is 10.0 Å². The molecular weight excluding hydrogens is 390 g/mol. The number of hydrogen-bond donors (Lipinski definition) is 1. The Balaban J connectivity index is 1.52. The third kappa shape index (κ3) is 4.08. The number of aromatic nitrogens is 1. The van der Waals surface area contributed by atoms with Gasteiger partial charge in [-0.25, -0.2) is 13.1 Å². The fourth-order valence-corrected chi connectivity index (χ4v) is 5.45. The highest BCUT2D eigenvalue weighted by molar-refractivity contribution is 7.89. The maximum Gasteiger partial charge on any atom is 0.308 e. The molecule has 1 saturated heterocycles. The zero-order valence-corrected chi connectivity index (χ0v) is 16.4. The van der Waals surface area contributed by atoms with Crippen LogP contribution in [0, 0.1) is 0 Å². The van der Waals surface area contributed by atoms with Gasteiger partial charge in [-0.3, -0.25) is 14.2 Å². The molecule has 1 saturated carbocycles. The van der Waals surface area contributed by atoms with Gasteiger partial charge in [0.15, 0.2) is 0 Å². The third-order valence-electron chi connectivity index (χ3n) is 4.76. The Morgan fingerprint density at radius 1 is 1.26 bits per heavy atom. The summed E-state index contributed by atoms with van der Waals surface area (Å²) in [6, 6.07) is 4.72. The summed E-state index contributed by atoms with van der Waals surface area (Å²) in [7, 11) is -3.56. The van der Waals surface area contributed by atoms with Crippen LogP contribution in [0.2, 0.25) is 0 Å². The second-order valence-corrected chi connectivity index (χ2v) is 9.50. The van der Waals surface area contributed by atoms with E-state index in [0.717, 1.165) is 24.2 Å². The number of fused-ring (bicyclic) bond motifs is 1. The maximum absolute atomic E-state index is 12.4. The van der Waals surface area contributed by atoms with E-state index >= 15 is 0 Å². The normalized spacial score (nSPS) is 18.1. The molecule has 2 heterocycles. The molecule has 2 aliphatic rings. The molecule has 0 unspecified atom stereocenters. The van der Waals surface area contributed by atoms with E-state index in [2.05, 4.69) is 4.72 Å². The van der Waals surface area contributed by atoms with Gasteiger partial charge in [-0.15, -0.1) is 0 Å². The van der Waals surface area contributed by atoms with Crippen LogP contribution in [0.5, 0.6) is 0 Å². The molecule has 1 amide bonds. The molecule has 0 atom stereocenters. The first-order valence-electron chi connectivity index (χ1n) is 8.95. The monoisotopic (exact) mass is 411 g/mol. The van der Waals surface area contributed by atoms with E-state index in [1.807, 2.05) is 0 Å². The van der Waals surface area contributed by atoms with Gasteiger partial charge in [0.2, 0.25) is 15.9 Å². The van der Waals surface area contributed by atoms with Crippen molar-refractivity contribution in [2.24, 2.45) is 0 Å². The lowest BCUT2D eigenvalue weighted by molar-refractivity contribution is -0.135. The van der Waals surface area contributed by atoms with Gasteiger partial charge < -0.3 is 9.64 Å². The van der Waals surface area contributed by atoms with Gasteiger partial charge in [-0.05, 0) is 31.0 Å². The molecular formula is C17H21N3O5S2. The van der Waals surface area contributed by atoms with Crippen molar-refractivity contribution in [2.45, 2.75) is 36.7 Å². The first-order chi connectivity index (χ1) is 12.9. The third-order valence-corrected chi connectivity index (χ3v) is 7.22. The largest absolute Gasteiger partial charge is 0.378 e. The van der Waals surface area contributed by atoms with E-state index in [0.29, 0.717) is 36.5 Å². The zero-order valence-electron chi connectivity index (χ0n) is 14.7. The number of carbonyl (C=O) groups is 1. The number of amides is 1. The first-order valence-corrected chi connectivity index (χ1v) is 11.3. The van der Waals surface area contributed by atoms with E-state index in [-0.39, 0.29) is 34.7 Å². The smallest absolute Gasteiger partial charge is 0.308 e. The van der Waals surface area contributed by atoms with Crippen LogP contribution < -0.4 is 9.60 Å². The molecule has 1 aliphatic heterocycles. The Morgan fingerprint density at radius 2 is 2.00 bits per heavy atom. The van der Waals surface area contributed by atoms with E-state index in [1.165, 1.54) is 12.1 Å². The van der Waals surface area contributed by atoms with E-state index in [9.17, 15) is 18.0 Å². The van der Waals surface area contributed by atoms with Gasteiger partial charge in [-0.1, -0.05) is 11.3 Å². The van der Waals surface area contributed by atoms with Crippen molar-refractivity contribution in [3.05, 3.63) is 27.9 Å². The molecule has 0 bridgehead atoms. The number of carbonyl (C=O) groups excluding carboxylic acids is 1. The molecule has 0 spiro atoms. The standard InChI is InChI=1S/C17H21N3O5S2/c21-16(19-7-9-25-10-8-19)5-6-20-14-4-3-13(11-15(14)26-17(20)22)27(23,24)18-12-1-2-12/h3-4,11-12,18H,1-2,5-10H2. The van der Waals surface area contributed by atoms with Crippen LogP contribution in [0.4, 0.5) is 0 Å². The molecule has 1 aliphatic carbocycles. The maximum atomic E-state index is 12.4. The van der Waals surface area contributed by atoms with Crippen LogP contribution >= 0.6 is 11.3 Å². The van der Waals surface area contributed by atoms with Gasteiger partial charge in [-0.2, -0.15) is 0 Å². The zero-order chi connectivity index (χ0) is 19.0. The fourth-order valence-electron chi connectivity index (χ4n) is 3.09. The average Bonchev–Trinajstić information content (AvgIpc) is 3.40. The van der Waals surface area contributed by atoms with Gasteiger partial charge in [0.05, 0.1) is 28.3 Å². The number of nitrogens with one attached hydrogen (secondary N) is 1. The molecule has 1 aromatic carbocycles. The van der Waals surface area contributed by atoms with Crippen LogP contribution in [0.25, 0.3) is 10.2 Å². The molecule has 2 aromatic rings. The van der Waals surface area contributed by atoms with Crippen molar-refractivity contribution in [1.82, 2.24) is 14.2 Å². The molecule has 0 radical (unpaired) electrons. The van der Waals surface area contributed by atoms with Crippen molar-refractivity contribution >= 4 is 37.5 Å². The topological polar surface area (TPSA) is 97.7 Å². The molecule has 4 rings (SSSR count). The summed E-state index contributed by atoms with van der Waals surface area (Å²) in [6.45, 7) is 2.51. The van der Waals surface area contributed by atoms with Crippen molar-refractivity contribution in [3.63, 3.8) is 0 Å². The van der Waals surface area contributed by atoms with Crippen LogP contribution in [0.15, 0.2) is 27.9 Å². The predicted molar refractivity (Wildman–Crippen MR) is 101 cm³/mol. The number of benzene rings is 1. The van der Waals surface area contributed by atoms with Gasteiger partial charge in [0.1, 0.15) is 0 Å². The SMILES string of the molecule is O=C(CCn1c(=O)sc2cc(S(=O)(=O)NC3CC3)ccc21)N1CCOCC1. The van der Waals surface area contributed by atoms with E-state index in [4.69, 9.17) is 4.74 Å². The van der Waals surface area contributed by atoms with E-state index in [1.54, 1.807) is 15.5 Å². The Hall–Kier alpha value is -1.75. The van der Waals surface area contributed by atoms with Gasteiger partial charge in [0, 0.05) is 32.1 Å². The molecule has 1 aromatic heterocycles. The molecule has 10 heteroatoms. The quantitative estimate of drug-likeness (QED) is 0.757. The molecule has 27 heavy (non-hydrogen) atoms. The molecule has 8 nitrogen and oxygen atoms in total. The van der Waals surface area contributed by atoms with Gasteiger partial charge in [0.25, 0.3) is 0 Å². The number of thiazole rings is 1. The second kappa shape index (κ2) is 7.34. The average molecular weight is 412 g/mol. The van der Waals surface area contributed by atoms with Crippen molar-refractivity contribution in [1.29, 1.82) is 0 Å². The summed E-state index contributed by atoms with van der Waals surface area (Å²) < 4.78 is 34.7. The van der Waals surface area contributed by atoms with Crippen molar-refractivity contribution < 1.29 is 17.9 Å². The van der Waals surface area contributed by atoms with Crippen molar-refractivity contribution in [3.8, 4) is 0 Å². The minimum absolute atomic E-state index is 0.00242. The summed E-state index contributed by atoms with van der Waals surface area (Å²) in [5.41, 5.74) is 0.658. The Labute approximate surface area is 160 Å². The lowest BCUT2D eigenvalue weighted by Gasteiger charge is -2.26. The Bertz CT molecular complexity index is 1020. The number of morpholine rings is 1. The van der Waals surface area contributed by atoms with Crippen LogP contribution in [-0.2, 0) is 26.1 Å². The highest BCUT2D eigenvalue weighted by Crippen LogP contribution is 2.25. The Morgan fingerprint density at radius 3 is 2.70 bits per heavy atom.